The van der Waals surface area contributed by atoms with E-state index >= 15 is 0 Å². The second-order valence-corrected chi connectivity index (χ2v) is 14.6. The smallest absolute Gasteiger partial charge is 0.320 e. The zero-order chi connectivity index (χ0) is 27.4. The Morgan fingerprint density at radius 2 is 1.32 bits per heavy atom. The molecule has 0 aromatic heterocycles. The highest BCUT2D eigenvalue weighted by molar-refractivity contribution is 7.00. The van der Waals surface area contributed by atoms with Gasteiger partial charge in [0.25, 0.3) is 0 Å². The lowest BCUT2D eigenvalue weighted by Gasteiger charge is -2.43. The van der Waals surface area contributed by atoms with E-state index in [0.717, 1.165) is 44.0 Å². The van der Waals surface area contributed by atoms with Crippen LogP contribution in [-0.4, -0.2) is 28.8 Å². The van der Waals surface area contributed by atoms with Gasteiger partial charge in [0.2, 0.25) is 0 Å². The average Bonchev–Trinajstić information content (AvgIpc) is 2.93. The van der Waals surface area contributed by atoms with E-state index in [1.807, 2.05) is 24.3 Å². The SMILES string of the molecule is COc1cc(C#CCCCCCCC=O)cc(OC)c1O[Si](c1ccccc1)(c1ccccc1)C(C)(C)C. The lowest BCUT2D eigenvalue weighted by Crippen LogP contribution is -2.68. The molecule has 200 valence electrons. The van der Waals surface area contributed by atoms with Crippen LogP contribution in [-0.2, 0) is 4.79 Å². The highest BCUT2D eigenvalue weighted by atomic mass is 28.4. The van der Waals surface area contributed by atoms with Gasteiger partial charge in [-0.2, -0.15) is 0 Å². The fraction of sp³-hybridized carbons (Fsp3) is 0.364. The predicted molar refractivity (Wildman–Crippen MR) is 158 cm³/mol. The van der Waals surface area contributed by atoms with Gasteiger partial charge in [-0.25, -0.2) is 0 Å². The highest BCUT2D eigenvalue weighted by Gasteiger charge is 2.52. The average molecular weight is 529 g/mol. The summed E-state index contributed by atoms with van der Waals surface area (Å²) in [5.41, 5.74) is 0.828. The van der Waals surface area contributed by atoms with Crippen molar-refractivity contribution in [3.63, 3.8) is 0 Å². The summed E-state index contributed by atoms with van der Waals surface area (Å²) in [5, 5.41) is 2.16. The molecule has 3 rings (SSSR count). The molecule has 0 spiro atoms. The number of carbonyl (C=O) groups excluding carboxylic acids is 1. The molecule has 0 N–H and O–H groups in total. The Kier molecular flexibility index (Phi) is 10.6. The van der Waals surface area contributed by atoms with Gasteiger partial charge in [-0.3, -0.25) is 0 Å². The Hall–Kier alpha value is -3.49. The third-order valence-corrected chi connectivity index (χ3v) is 11.7. The number of carbonyl (C=O) groups is 1. The normalized spacial score (nSPS) is 11.3. The minimum Gasteiger partial charge on any atom is -0.529 e. The van der Waals surface area contributed by atoms with E-state index in [1.165, 1.54) is 10.4 Å². The van der Waals surface area contributed by atoms with Crippen LogP contribution >= 0.6 is 0 Å². The fourth-order valence-corrected chi connectivity index (χ4v) is 9.25. The summed E-state index contributed by atoms with van der Waals surface area (Å²) in [6.07, 6.45) is 6.57. The van der Waals surface area contributed by atoms with Crippen LogP contribution in [0.25, 0.3) is 0 Å². The minimum absolute atomic E-state index is 0.198. The predicted octanol–water partition coefficient (Wildman–Crippen LogP) is 6.53. The number of ether oxygens (including phenoxy) is 2. The van der Waals surface area contributed by atoms with Crippen LogP contribution in [0.1, 0.15) is 64.9 Å². The summed E-state index contributed by atoms with van der Waals surface area (Å²) in [6.45, 7) is 6.74. The fourth-order valence-electron chi connectivity index (χ4n) is 4.81. The maximum Gasteiger partial charge on any atom is 0.320 e. The molecule has 0 fully saturated rings. The van der Waals surface area contributed by atoms with Gasteiger partial charge in [0.1, 0.15) is 6.29 Å². The first-order chi connectivity index (χ1) is 18.4. The first-order valence-corrected chi connectivity index (χ1v) is 15.3. The van der Waals surface area contributed by atoms with E-state index in [9.17, 15) is 4.79 Å². The van der Waals surface area contributed by atoms with Gasteiger partial charge in [0.05, 0.1) is 14.2 Å². The minimum atomic E-state index is -2.87. The quantitative estimate of drug-likeness (QED) is 0.116. The number of methoxy groups -OCH3 is 2. The van der Waals surface area contributed by atoms with Gasteiger partial charge in [-0.15, -0.1) is 0 Å². The van der Waals surface area contributed by atoms with Crippen LogP contribution in [0, 0.1) is 11.8 Å². The topological polar surface area (TPSA) is 44.8 Å². The van der Waals surface area contributed by atoms with E-state index in [1.54, 1.807) is 14.2 Å². The zero-order valence-electron chi connectivity index (χ0n) is 23.4. The summed E-state index contributed by atoms with van der Waals surface area (Å²) in [6, 6.07) is 24.9. The molecule has 5 heteroatoms. The number of hydrogen-bond donors (Lipinski definition) is 0. The molecule has 0 saturated carbocycles. The van der Waals surface area contributed by atoms with Crippen molar-refractivity contribution in [1.82, 2.24) is 0 Å². The Bertz CT molecular complexity index is 1160. The van der Waals surface area contributed by atoms with Crippen molar-refractivity contribution in [3.8, 4) is 29.1 Å². The molecule has 0 amide bonds. The van der Waals surface area contributed by atoms with Crippen molar-refractivity contribution >= 4 is 25.0 Å². The van der Waals surface area contributed by atoms with E-state index in [0.29, 0.717) is 23.7 Å². The second-order valence-electron chi connectivity index (χ2n) is 10.4. The lowest BCUT2D eigenvalue weighted by atomic mass is 10.1. The first kappa shape index (κ1) is 29.1. The lowest BCUT2D eigenvalue weighted by molar-refractivity contribution is -0.107. The molecule has 0 saturated heterocycles. The van der Waals surface area contributed by atoms with Crippen LogP contribution in [0.4, 0.5) is 0 Å². The summed E-state index contributed by atoms with van der Waals surface area (Å²) in [7, 11) is 0.442. The van der Waals surface area contributed by atoms with Gasteiger partial charge >= 0.3 is 8.32 Å². The van der Waals surface area contributed by atoms with Gasteiger partial charge in [-0.05, 0) is 40.4 Å². The van der Waals surface area contributed by atoms with Gasteiger partial charge in [0.15, 0.2) is 17.2 Å². The van der Waals surface area contributed by atoms with E-state index in [-0.39, 0.29) is 5.04 Å². The summed E-state index contributed by atoms with van der Waals surface area (Å²) >= 11 is 0. The highest BCUT2D eigenvalue weighted by Crippen LogP contribution is 2.44. The molecule has 0 aliphatic heterocycles. The van der Waals surface area contributed by atoms with Crippen LogP contribution in [0.2, 0.25) is 5.04 Å². The van der Waals surface area contributed by atoms with Crippen molar-refractivity contribution in [3.05, 3.63) is 78.4 Å². The van der Waals surface area contributed by atoms with E-state index < -0.39 is 8.32 Å². The zero-order valence-corrected chi connectivity index (χ0v) is 24.4. The number of hydrogen-bond acceptors (Lipinski definition) is 4. The largest absolute Gasteiger partial charge is 0.529 e. The van der Waals surface area contributed by atoms with E-state index in [2.05, 4.69) is 81.1 Å². The van der Waals surface area contributed by atoms with Crippen LogP contribution in [0.5, 0.6) is 17.2 Å². The van der Waals surface area contributed by atoms with Crippen molar-refractivity contribution in [2.24, 2.45) is 0 Å². The number of unbranched alkanes of at least 4 members (excludes halogenated alkanes) is 5. The summed E-state index contributed by atoms with van der Waals surface area (Å²) in [4.78, 5) is 10.4. The molecule has 0 unspecified atom stereocenters. The molecule has 3 aromatic carbocycles. The Morgan fingerprint density at radius 3 is 1.79 bits per heavy atom. The Balaban J connectivity index is 2.01. The van der Waals surface area contributed by atoms with Crippen molar-refractivity contribution in [1.29, 1.82) is 0 Å². The van der Waals surface area contributed by atoms with Crippen molar-refractivity contribution in [2.75, 3.05) is 14.2 Å². The monoisotopic (exact) mass is 528 g/mol. The molecule has 0 aliphatic rings. The number of benzene rings is 3. The molecule has 0 heterocycles. The number of rotatable bonds is 12. The first-order valence-electron chi connectivity index (χ1n) is 13.4. The third kappa shape index (κ3) is 6.88. The number of aldehydes is 1. The third-order valence-electron chi connectivity index (χ3n) is 6.74. The molecular weight excluding hydrogens is 488 g/mol. The molecule has 0 bridgehead atoms. The van der Waals surface area contributed by atoms with Crippen LogP contribution in [0.15, 0.2) is 72.8 Å². The molecule has 4 nitrogen and oxygen atoms in total. The Labute approximate surface area is 229 Å². The molecular formula is C33H40O4Si. The van der Waals surface area contributed by atoms with Crippen LogP contribution in [0.3, 0.4) is 0 Å². The molecule has 0 atom stereocenters. The summed E-state index contributed by atoms with van der Waals surface area (Å²) in [5.74, 6) is 8.36. The summed E-state index contributed by atoms with van der Waals surface area (Å²) < 4.78 is 19.0. The Morgan fingerprint density at radius 1 is 0.789 bits per heavy atom. The van der Waals surface area contributed by atoms with Crippen LogP contribution < -0.4 is 24.3 Å². The maximum absolute atomic E-state index is 10.4. The van der Waals surface area contributed by atoms with Gasteiger partial charge < -0.3 is 18.7 Å². The maximum atomic E-state index is 10.4. The van der Waals surface area contributed by atoms with E-state index in [4.69, 9.17) is 13.9 Å². The molecule has 0 aliphatic carbocycles. The standard InChI is InChI=1S/C33H40O4Si/c1-33(2,3)38(28-20-14-11-15-21-28,29-22-16-12-17-23-29)37-32-30(35-4)25-27(26-31(32)36-5)19-13-9-7-6-8-10-18-24-34/h11-12,14-17,20-26H,6-10,18H2,1-5H3. The molecule has 38 heavy (non-hydrogen) atoms. The van der Waals surface area contributed by atoms with Crippen molar-refractivity contribution in [2.45, 2.75) is 64.3 Å². The van der Waals surface area contributed by atoms with Crippen molar-refractivity contribution < 1.29 is 18.7 Å². The molecule has 0 radical (unpaired) electrons. The van der Waals surface area contributed by atoms with Gasteiger partial charge in [0, 0.05) is 18.4 Å². The van der Waals surface area contributed by atoms with Gasteiger partial charge in [-0.1, -0.05) is 106 Å². The second kappa shape index (κ2) is 13.9. The molecule has 3 aromatic rings.